The molecule has 0 aromatic carbocycles. The number of aliphatic hydroxyl groups is 1. The second-order valence-electron chi connectivity index (χ2n) is 6.63. The van der Waals surface area contributed by atoms with Crippen LogP contribution in [-0.4, -0.2) is 60.3 Å². The Morgan fingerprint density at radius 1 is 1.48 bits per heavy atom. The largest absolute Gasteiger partial charge is 0.394 e. The summed E-state index contributed by atoms with van der Waals surface area (Å²) in [7, 11) is 0. The highest BCUT2D eigenvalue weighted by molar-refractivity contribution is 5.89. The van der Waals surface area contributed by atoms with E-state index in [2.05, 4.69) is 19.2 Å². The van der Waals surface area contributed by atoms with Crippen molar-refractivity contribution < 1.29 is 19.4 Å². The zero-order valence-corrected chi connectivity index (χ0v) is 12.9. The maximum Gasteiger partial charge on any atom is 0.225 e. The maximum atomic E-state index is 12.4. The first-order chi connectivity index (χ1) is 9.96. The fourth-order valence-electron chi connectivity index (χ4n) is 3.01. The SMILES string of the molecule is CC(C)CN1CC(C(=O)NC2(CO)CCOCC2)CC1=O. The van der Waals surface area contributed by atoms with Gasteiger partial charge < -0.3 is 20.1 Å². The number of amides is 2. The van der Waals surface area contributed by atoms with Crippen LogP contribution in [0.4, 0.5) is 0 Å². The average molecular weight is 298 g/mol. The van der Waals surface area contributed by atoms with Gasteiger partial charge in [0.25, 0.3) is 0 Å². The molecule has 0 spiro atoms. The van der Waals surface area contributed by atoms with Gasteiger partial charge in [-0.3, -0.25) is 9.59 Å². The Balaban J connectivity index is 1.93. The standard InChI is InChI=1S/C15H26N2O4/c1-11(2)8-17-9-12(7-13(17)19)14(20)16-15(10-18)3-5-21-6-4-15/h11-12,18H,3-10H2,1-2H3,(H,16,20). The molecule has 0 aromatic rings. The van der Waals surface area contributed by atoms with Crippen molar-refractivity contribution >= 4 is 11.8 Å². The van der Waals surface area contributed by atoms with Crippen molar-refractivity contribution in [3.8, 4) is 0 Å². The maximum absolute atomic E-state index is 12.4. The Morgan fingerprint density at radius 3 is 2.71 bits per heavy atom. The Hall–Kier alpha value is -1.14. The first kappa shape index (κ1) is 16.2. The van der Waals surface area contributed by atoms with Crippen LogP contribution in [0.15, 0.2) is 0 Å². The highest BCUT2D eigenvalue weighted by Crippen LogP contribution is 2.24. The van der Waals surface area contributed by atoms with Crippen molar-refractivity contribution in [3.05, 3.63) is 0 Å². The summed E-state index contributed by atoms with van der Waals surface area (Å²) in [4.78, 5) is 26.1. The van der Waals surface area contributed by atoms with Gasteiger partial charge in [-0.15, -0.1) is 0 Å². The third-order valence-electron chi connectivity index (χ3n) is 4.31. The molecule has 2 amide bonds. The quantitative estimate of drug-likeness (QED) is 0.757. The van der Waals surface area contributed by atoms with Crippen molar-refractivity contribution in [2.75, 3.05) is 32.9 Å². The molecular weight excluding hydrogens is 272 g/mol. The summed E-state index contributed by atoms with van der Waals surface area (Å²) < 4.78 is 5.29. The second kappa shape index (κ2) is 6.75. The molecular formula is C15H26N2O4. The molecule has 2 saturated heterocycles. The summed E-state index contributed by atoms with van der Waals surface area (Å²) in [6, 6.07) is 0. The zero-order valence-electron chi connectivity index (χ0n) is 12.9. The number of likely N-dealkylation sites (tertiary alicyclic amines) is 1. The fraction of sp³-hybridized carbons (Fsp3) is 0.867. The minimum Gasteiger partial charge on any atom is -0.394 e. The number of ether oxygens (including phenoxy) is 1. The molecule has 1 atom stereocenters. The van der Waals surface area contributed by atoms with Gasteiger partial charge in [0.1, 0.15) is 0 Å². The third kappa shape index (κ3) is 3.95. The van der Waals surface area contributed by atoms with E-state index >= 15 is 0 Å². The number of hydrogen-bond acceptors (Lipinski definition) is 4. The summed E-state index contributed by atoms with van der Waals surface area (Å²) >= 11 is 0. The summed E-state index contributed by atoms with van der Waals surface area (Å²) in [5.41, 5.74) is -0.580. The lowest BCUT2D eigenvalue weighted by Gasteiger charge is -2.37. The Morgan fingerprint density at radius 2 is 2.14 bits per heavy atom. The molecule has 0 bridgehead atoms. The lowest BCUT2D eigenvalue weighted by Crippen LogP contribution is -2.56. The number of carbonyl (C=O) groups excluding carboxylic acids is 2. The van der Waals surface area contributed by atoms with E-state index in [4.69, 9.17) is 4.74 Å². The topological polar surface area (TPSA) is 78.9 Å². The van der Waals surface area contributed by atoms with Gasteiger partial charge in [-0.1, -0.05) is 13.8 Å². The van der Waals surface area contributed by atoms with E-state index in [1.807, 2.05) is 0 Å². The highest BCUT2D eigenvalue weighted by Gasteiger charge is 2.39. The van der Waals surface area contributed by atoms with Gasteiger partial charge >= 0.3 is 0 Å². The van der Waals surface area contributed by atoms with Crippen molar-refractivity contribution in [3.63, 3.8) is 0 Å². The molecule has 2 fully saturated rings. The van der Waals surface area contributed by atoms with Gasteiger partial charge in [0.15, 0.2) is 0 Å². The number of rotatable bonds is 5. The Bertz CT molecular complexity index is 391. The molecule has 2 N–H and O–H groups in total. The first-order valence-corrected chi connectivity index (χ1v) is 7.74. The summed E-state index contributed by atoms with van der Waals surface area (Å²) in [6.45, 7) is 6.31. The molecule has 1 unspecified atom stereocenters. The van der Waals surface area contributed by atoms with E-state index < -0.39 is 5.54 Å². The highest BCUT2D eigenvalue weighted by atomic mass is 16.5. The lowest BCUT2D eigenvalue weighted by molar-refractivity contribution is -0.130. The number of aliphatic hydroxyl groups excluding tert-OH is 1. The normalized spacial score (nSPS) is 25.4. The number of nitrogens with one attached hydrogen (secondary N) is 1. The van der Waals surface area contributed by atoms with Crippen molar-refractivity contribution in [1.82, 2.24) is 10.2 Å². The van der Waals surface area contributed by atoms with Crippen LogP contribution in [0, 0.1) is 11.8 Å². The third-order valence-corrected chi connectivity index (χ3v) is 4.31. The van der Waals surface area contributed by atoms with Crippen LogP contribution in [0.3, 0.4) is 0 Å². The lowest BCUT2D eigenvalue weighted by atomic mass is 9.90. The van der Waals surface area contributed by atoms with Gasteiger partial charge in [0, 0.05) is 32.7 Å². The Kier molecular flexibility index (Phi) is 5.22. The van der Waals surface area contributed by atoms with E-state index in [0.717, 1.165) is 0 Å². The van der Waals surface area contributed by atoms with E-state index in [1.165, 1.54) is 0 Å². The van der Waals surface area contributed by atoms with Crippen molar-refractivity contribution in [2.24, 2.45) is 11.8 Å². The van der Waals surface area contributed by atoms with Gasteiger partial charge in [-0.05, 0) is 18.8 Å². The molecule has 0 aliphatic carbocycles. The van der Waals surface area contributed by atoms with E-state index in [0.29, 0.717) is 45.1 Å². The molecule has 2 heterocycles. The van der Waals surface area contributed by atoms with Gasteiger partial charge in [0.2, 0.25) is 11.8 Å². The smallest absolute Gasteiger partial charge is 0.225 e. The summed E-state index contributed by atoms with van der Waals surface area (Å²) in [5.74, 6) is 0.0250. The minimum absolute atomic E-state index is 0.0499. The van der Waals surface area contributed by atoms with E-state index in [1.54, 1.807) is 4.90 Å². The van der Waals surface area contributed by atoms with Gasteiger partial charge in [-0.25, -0.2) is 0 Å². The molecule has 0 radical (unpaired) electrons. The molecule has 2 rings (SSSR count). The molecule has 2 aliphatic heterocycles. The van der Waals surface area contributed by atoms with Gasteiger partial charge in [-0.2, -0.15) is 0 Å². The molecule has 6 nitrogen and oxygen atoms in total. The van der Waals surface area contributed by atoms with Crippen LogP contribution < -0.4 is 5.32 Å². The molecule has 21 heavy (non-hydrogen) atoms. The van der Waals surface area contributed by atoms with Crippen LogP contribution in [0.5, 0.6) is 0 Å². The summed E-state index contributed by atoms with van der Waals surface area (Å²) in [6.07, 6.45) is 1.51. The Labute approximate surface area is 125 Å². The number of hydrogen-bond donors (Lipinski definition) is 2. The van der Waals surface area contributed by atoms with Crippen LogP contribution in [0.2, 0.25) is 0 Å². The fourth-order valence-corrected chi connectivity index (χ4v) is 3.01. The van der Waals surface area contributed by atoms with E-state index in [-0.39, 0.29) is 30.8 Å². The van der Waals surface area contributed by atoms with Crippen LogP contribution in [0.1, 0.15) is 33.1 Å². The van der Waals surface area contributed by atoms with Gasteiger partial charge in [0.05, 0.1) is 18.1 Å². The molecule has 0 saturated carbocycles. The van der Waals surface area contributed by atoms with E-state index in [9.17, 15) is 14.7 Å². The first-order valence-electron chi connectivity index (χ1n) is 7.74. The molecule has 0 aromatic heterocycles. The van der Waals surface area contributed by atoms with Crippen LogP contribution in [0.25, 0.3) is 0 Å². The predicted octanol–water partition coefficient (Wildman–Crippen LogP) is 0.149. The average Bonchev–Trinajstić information content (AvgIpc) is 2.80. The van der Waals surface area contributed by atoms with Crippen molar-refractivity contribution in [1.29, 1.82) is 0 Å². The zero-order chi connectivity index (χ0) is 15.5. The monoisotopic (exact) mass is 298 g/mol. The second-order valence-corrected chi connectivity index (χ2v) is 6.63. The number of carbonyl (C=O) groups is 2. The minimum atomic E-state index is -0.580. The molecule has 6 heteroatoms. The molecule has 2 aliphatic rings. The number of nitrogens with zero attached hydrogens (tertiary/aromatic N) is 1. The summed E-state index contributed by atoms with van der Waals surface area (Å²) in [5, 5.41) is 12.6. The van der Waals surface area contributed by atoms with Crippen LogP contribution in [-0.2, 0) is 14.3 Å². The van der Waals surface area contributed by atoms with Crippen molar-refractivity contribution in [2.45, 2.75) is 38.6 Å². The molecule has 120 valence electrons. The van der Waals surface area contributed by atoms with Crippen LogP contribution >= 0.6 is 0 Å². The predicted molar refractivity (Wildman–Crippen MR) is 77.5 cm³/mol.